The van der Waals surface area contributed by atoms with Crippen LogP contribution in [0, 0.1) is 0 Å². The summed E-state index contributed by atoms with van der Waals surface area (Å²) in [6.45, 7) is 6.54. The zero-order valence-electron chi connectivity index (χ0n) is 12.3. The lowest BCUT2D eigenvalue weighted by molar-refractivity contribution is 0.603. The second kappa shape index (κ2) is 6.67. The van der Waals surface area contributed by atoms with E-state index in [1.807, 2.05) is 11.8 Å². The SMILES string of the molecule is CCCc1nc(C2SCCSC2C)nc2c1CCNC2. The molecule has 0 aromatic carbocycles. The van der Waals surface area contributed by atoms with Crippen molar-refractivity contribution in [3.8, 4) is 0 Å². The molecule has 2 aliphatic heterocycles. The zero-order chi connectivity index (χ0) is 13.9. The van der Waals surface area contributed by atoms with Crippen molar-refractivity contribution in [3.05, 3.63) is 22.8 Å². The Morgan fingerprint density at radius 1 is 1.25 bits per heavy atom. The Morgan fingerprint density at radius 3 is 2.90 bits per heavy atom. The highest BCUT2D eigenvalue weighted by Crippen LogP contribution is 2.41. The third-order valence-electron chi connectivity index (χ3n) is 3.97. The van der Waals surface area contributed by atoms with Crippen LogP contribution < -0.4 is 5.32 Å². The third kappa shape index (κ3) is 3.00. The highest BCUT2D eigenvalue weighted by molar-refractivity contribution is 8.06. The van der Waals surface area contributed by atoms with E-state index in [4.69, 9.17) is 9.97 Å². The molecule has 0 aliphatic carbocycles. The first kappa shape index (κ1) is 14.7. The van der Waals surface area contributed by atoms with E-state index in [0.717, 1.165) is 31.8 Å². The normalized spacial score (nSPS) is 26.3. The van der Waals surface area contributed by atoms with Gasteiger partial charge in [0.1, 0.15) is 5.82 Å². The van der Waals surface area contributed by atoms with Gasteiger partial charge in [-0.25, -0.2) is 9.97 Å². The van der Waals surface area contributed by atoms with Gasteiger partial charge < -0.3 is 5.32 Å². The van der Waals surface area contributed by atoms with Crippen LogP contribution in [-0.4, -0.2) is 33.3 Å². The number of aromatic nitrogens is 2. The fourth-order valence-electron chi connectivity index (χ4n) is 2.95. The van der Waals surface area contributed by atoms with Crippen molar-refractivity contribution in [2.24, 2.45) is 0 Å². The number of aryl methyl sites for hydroxylation is 1. The summed E-state index contributed by atoms with van der Waals surface area (Å²) in [5, 5.41) is 4.54. The minimum absolute atomic E-state index is 0.469. The molecule has 3 rings (SSSR count). The molecule has 2 unspecified atom stereocenters. The van der Waals surface area contributed by atoms with E-state index in [1.165, 1.54) is 34.9 Å². The summed E-state index contributed by atoms with van der Waals surface area (Å²) in [6, 6.07) is 0. The van der Waals surface area contributed by atoms with E-state index in [2.05, 4.69) is 30.9 Å². The highest BCUT2D eigenvalue weighted by Gasteiger charge is 2.28. The van der Waals surface area contributed by atoms with Gasteiger partial charge in [0.2, 0.25) is 0 Å². The van der Waals surface area contributed by atoms with Crippen molar-refractivity contribution >= 4 is 23.5 Å². The lowest BCUT2D eigenvalue weighted by Gasteiger charge is -2.28. The van der Waals surface area contributed by atoms with E-state index in [-0.39, 0.29) is 0 Å². The Kier molecular flexibility index (Phi) is 4.89. The van der Waals surface area contributed by atoms with E-state index >= 15 is 0 Å². The molecule has 0 spiro atoms. The zero-order valence-corrected chi connectivity index (χ0v) is 13.9. The molecule has 0 radical (unpaired) electrons. The molecule has 0 bridgehead atoms. The van der Waals surface area contributed by atoms with Crippen molar-refractivity contribution in [2.75, 3.05) is 18.1 Å². The first-order valence-corrected chi connectivity index (χ1v) is 9.71. The molecule has 5 heteroatoms. The van der Waals surface area contributed by atoms with E-state index < -0.39 is 0 Å². The molecule has 0 amide bonds. The summed E-state index contributed by atoms with van der Waals surface area (Å²) in [5.74, 6) is 3.57. The monoisotopic (exact) mass is 309 g/mol. The summed E-state index contributed by atoms with van der Waals surface area (Å²) < 4.78 is 0. The molecule has 2 atom stereocenters. The molecular weight excluding hydrogens is 286 g/mol. The molecule has 110 valence electrons. The second-order valence-corrected chi connectivity index (χ2v) is 8.23. The van der Waals surface area contributed by atoms with Crippen LogP contribution in [0.25, 0.3) is 0 Å². The van der Waals surface area contributed by atoms with Crippen LogP contribution in [0.15, 0.2) is 0 Å². The first-order chi connectivity index (χ1) is 9.79. The Balaban J connectivity index is 1.96. The van der Waals surface area contributed by atoms with E-state index in [1.54, 1.807) is 0 Å². The van der Waals surface area contributed by atoms with Gasteiger partial charge in [-0.15, -0.1) is 11.8 Å². The van der Waals surface area contributed by atoms with Gasteiger partial charge in [-0.05, 0) is 24.9 Å². The van der Waals surface area contributed by atoms with Gasteiger partial charge in [0.25, 0.3) is 0 Å². The Hall–Kier alpha value is -0.260. The molecule has 1 aromatic rings. The number of hydrogen-bond acceptors (Lipinski definition) is 5. The van der Waals surface area contributed by atoms with Crippen molar-refractivity contribution in [2.45, 2.75) is 50.2 Å². The summed E-state index contributed by atoms with van der Waals surface area (Å²) in [6.07, 6.45) is 3.35. The van der Waals surface area contributed by atoms with Crippen molar-refractivity contribution in [3.63, 3.8) is 0 Å². The summed E-state index contributed by atoms with van der Waals surface area (Å²) in [7, 11) is 0. The van der Waals surface area contributed by atoms with Crippen molar-refractivity contribution in [1.82, 2.24) is 15.3 Å². The number of hydrogen-bond donors (Lipinski definition) is 1. The molecule has 1 aromatic heterocycles. The minimum atomic E-state index is 0.469. The van der Waals surface area contributed by atoms with E-state index in [0.29, 0.717) is 10.5 Å². The average Bonchev–Trinajstić information content (AvgIpc) is 2.48. The molecule has 0 saturated carbocycles. The van der Waals surface area contributed by atoms with Gasteiger partial charge in [0.15, 0.2) is 0 Å². The molecule has 3 heterocycles. The lowest BCUT2D eigenvalue weighted by atomic mass is 10.0. The predicted octanol–water partition coefficient (Wildman–Crippen LogP) is 2.98. The Labute approximate surface area is 130 Å². The Morgan fingerprint density at radius 2 is 2.10 bits per heavy atom. The van der Waals surface area contributed by atoms with Gasteiger partial charge in [0.05, 0.1) is 10.9 Å². The second-order valence-electron chi connectivity index (χ2n) is 5.50. The molecule has 2 aliphatic rings. The average molecular weight is 310 g/mol. The largest absolute Gasteiger partial charge is 0.311 e. The molecule has 1 fully saturated rings. The maximum Gasteiger partial charge on any atom is 0.142 e. The summed E-state index contributed by atoms with van der Waals surface area (Å²) in [5.41, 5.74) is 4.00. The minimum Gasteiger partial charge on any atom is -0.311 e. The number of thioether (sulfide) groups is 2. The molecule has 20 heavy (non-hydrogen) atoms. The van der Waals surface area contributed by atoms with Crippen LogP contribution in [0.1, 0.15) is 48.3 Å². The fourth-order valence-corrected chi connectivity index (χ4v) is 5.63. The van der Waals surface area contributed by atoms with Crippen molar-refractivity contribution < 1.29 is 0 Å². The molecule has 3 nitrogen and oxygen atoms in total. The third-order valence-corrected chi connectivity index (χ3v) is 7.06. The van der Waals surface area contributed by atoms with Crippen LogP contribution in [0.3, 0.4) is 0 Å². The van der Waals surface area contributed by atoms with Gasteiger partial charge >= 0.3 is 0 Å². The van der Waals surface area contributed by atoms with Gasteiger partial charge in [0, 0.05) is 29.0 Å². The van der Waals surface area contributed by atoms with Crippen LogP contribution in [-0.2, 0) is 19.4 Å². The van der Waals surface area contributed by atoms with Gasteiger partial charge in [-0.1, -0.05) is 20.3 Å². The summed E-state index contributed by atoms with van der Waals surface area (Å²) >= 11 is 4.10. The van der Waals surface area contributed by atoms with Gasteiger partial charge in [-0.2, -0.15) is 11.8 Å². The van der Waals surface area contributed by atoms with Gasteiger partial charge in [-0.3, -0.25) is 0 Å². The quantitative estimate of drug-likeness (QED) is 0.929. The number of fused-ring (bicyclic) bond motifs is 1. The maximum atomic E-state index is 4.98. The summed E-state index contributed by atoms with van der Waals surface area (Å²) in [4.78, 5) is 9.90. The maximum absolute atomic E-state index is 4.98. The molecule has 1 N–H and O–H groups in total. The molecule has 1 saturated heterocycles. The van der Waals surface area contributed by atoms with Crippen LogP contribution in [0.4, 0.5) is 0 Å². The standard InChI is InChI=1S/C15H23N3S2/c1-3-4-12-11-5-6-16-9-13(11)18-15(17-12)14-10(2)19-7-8-20-14/h10,14,16H,3-9H2,1-2H3. The molecular formula is C15H23N3S2. The van der Waals surface area contributed by atoms with Crippen LogP contribution >= 0.6 is 23.5 Å². The first-order valence-electron chi connectivity index (χ1n) is 7.62. The topological polar surface area (TPSA) is 37.8 Å². The van der Waals surface area contributed by atoms with E-state index in [9.17, 15) is 0 Å². The number of rotatable bonds is 3. The fraction of sp³-hybridized carbons (Fsp3) is 0.733. The predicted molar refractivity (Wildman–Crippen MR) is 88.6 cm³/mol. The number of nitrogens with one attached hydrogen (secondary N) is 1. The van der Waals surface area contributed by atoms with Crippen molar-refractivity contribution in [1.29, 1.82) is 0 Å². The number of nitrogens with zero attached hydrogens (tertiary/aromatic N) is 2. The Bertz CT molecular complexity index is 478. The van der Waals surface area contributed by atoms with Crippen LogP contribution in [0.2, 0.25) is 0 Å². The smallest absolute Gasteiger partial charge is 0.142 e. The lowest BCUT2D eigenvalue weighted by Crippen LogP contribution is -2.28. The highest BCUT2D eigenvalue weighted by atomic mass is 32.2. The van der Waals surface area contributed by atoms with Crippen LogP contribution in [0.5, 0.6) is 0 Å².